The highest BCUT2D eigenvalue weighted by molar-refractivity contribution is 5.94. The number of rotatable bonds is 6. The third-order valence-corrected chi connectivity index (χ3v) is 10.9. The van der Waals surface area contributed by atoms with E-state index < -0.39 is 131 Å². The van der Waals surface area contributed by atoms with Gasteiger partial charge in [-0.3, -0.25) is 38.5 Å². The first-order valence-electron chi connectivity index (χ1n) is 17.2. The van der Waals surface area contributed by atoms with E-state index in [2.05, 4.69) is 4.98 Å². The Morgan fingerprint density at radius 3 is 2.02 bits per heavy atom. The zero-order valence-corrected chi connectivity index (χ0v) is 31.2. The second kappa shape index (κ2) is 14.0. The Labute approximate surface area is 309 Å². The van der Waals surface area contributed by atoms with E-state index in [9.17, 15) is 38.7 Å². The van der Waals surface area contributed by atoms with E-state index in [1.54, 1.807) is 6.92 Å². The van der Waals surface area contributed by atoms with E-state index in [4.69, 9.17) is 37.9 Å². The van der Waals surface area contributed by atoms with Crippen LogP contribution in [0, 0.1) is 17.3 Å². The van der Waals surface area contributed by atoms with Crippen molar-refractivity contribution < 1.29 is 81.4 Å². The van der Waals surface area contributed by atoms with Crippen LogP contribution in [0.4, 0.5) is 0 Å². The molecular formula is C36H43NO17. The molecule has 0 radical (unpaired) electrons. The average molecular weight is 762 g/mol. The third-order valence-electron chi connectivity index (χ3n) is 10.9. The normalized spacial score (nSPS) is 38.4. The van der Waals surface area contributed by atoms with Crippen LogP contribution in [0.3, 0.4) is 0 Å². The van der Waals surface area contributed by atoms with E-state index in [0.29, 0.717) is 0 Å². The number of carbonyl (C=O) groups excluding carboxylic acids is 8. The summed E-state index contributed by atoms with van der Waals surface area (Å²) in [6.45, 7) is 8.38. The Balaban J connectivity index is 1.97. The molecule has 0 aromatic carbocycles. The Morgan fingerprint density at radius 1 is 0.852 bits per heavy atom. The number of fused-ring (bicyclic) bond motifs is 5. The summed E-state index contributed by atoms with van der Waals surface area (Å²) in [4.78, 5) is 112. The van der Waals surface area contributed by atoms with Crippen molar-refractivity contribution in [1.29, 1.82) is 0 Å². The third kappa shape index (κ3) is 6.08. The van der Waals surface area contributed by atoms with Crippen LogP contribution in [-0.4, -0.2) is 118 Å². The smallest absolute Gasteiger partial charge is 0.340 e. The second-order valence-electron chi connectivity index (χ2n) is 14.6. The predicted octanol–water partition coefficient (Wildman–Crippen LogP) is 0.671. The summed E-state index contributed by atoms with van der Waals surface area (Å²) >= 11 is 0. The van der Waals surface area contributed by atoms with Crippen LogP contribution in [0.5, 0.6) is 0 Å². The fourth-order valence-corrected chi connectivity index (χ4v) is 8.70. The van der Waals surface area contributed by atoms with Crippen molar-refractivity contribution in [1.82, 2.24) is 4.98 Å². The van der Waals surface area contributed by atoms with Crippen LogP contribution in [-0.2, 0) is 71.5 Å². The van der Waals surface area contributed by atoms with E-state index in [1.165, 1.54) is 32.2 Å². The van der Waals surface area contributed by atoms with Gasteiger partial charge >= 0.3 is 41.8 Å². The lowest BCUT2D eigenvalue weighted by Crippen LogP contribution is -2.88. The average Bonchev–Trinajstić information content (AvgIpc) is 3.30. The molecule has 4 bridgehead atoms. The number of ether oxygens (including phenoxy) is 8. The number of pyridine rings is 1. The van der Waals surface area contributed by atoms with Gasteiger partial charge < -0.3 is 43.0 Å². The van der Waals surface area contributed by atoms with Gasteiger partial charge in [0.15, 0.2) is 35.8 Å². The summed E-state index contributed by atoms with van der Waals surface area (Å²) in [7, 11) is 0. The van der Waals surface area contributed by atoms with Crippen molar-refractivity contribution in [2.24, 2.45) is 17.3 Å². The summed E-state index contributed by atoms with van der Waals surface area (Å²) < 4.78 is 47.3. The molecule has 5 rings (SSSR count). The molecular weight excluding hydrogens is 718 g/mol. The van der Waals surface area contributed by atoms with Gasteiger partial charge in [0.25, 0.3) is 0 Å². The quantitative estimate of drug-likeness (QED) is 0.309. The van der Waals surface area contributed by atoms with Gasteiger partial charge in [-0.2, -0.15) is 0 Å². The monoisotopic (exact) mass is 761 g/mol. The van der Waals surface area contributed by atoms with Gasteiger partial charge in [-0.25, -0.2) is 4.79 Å². The maximum absolute atomic E-state index is 15.1. The zero-order chi connectivity index (χ0) is 40.3. The number of hydrogen-bond donors (Lipinski definition) is 1. The van der Waals surface area contributed by atoms with Crippen LogP contribution in [0.15, 0.2) is 18.3 Å². The SMILES string of the molecule is CC(=O)OC[C@]12[C@H](OC(C)=O)C(=O)[C@H]3[C@H](OC(C)=O)[C@@]14O[C@@]3(C)COC(=O)c1cccnc1[C@H](C)[C@H](C)C(=O)O[C@@H]([C@H](OC(C)=O)[C@H]2OC(C)=O)[C@]4(C)O. The number of ketones is 1. The molecule has 0 amide bonds. The van der Waals surface area contributed by atoms with Crippen LogP contribution in [0.2, 0.25) is 0 Å². The summed E-state index contributed by atoms with van der Waals surface area (Å²) in [6, 6.07) is 2.88. The lowest BCUT2D eigenvalue weighted by molar-refractivity contribution is -0.376. The number of Topliss-reactive ketones (excluding diaryl/α,β-unsaturated/α-hetero) is 1. The second-order valence-corrected chi connectivity index (χ2v) is 14.6. The fourth-order valence-electron chi connectivity index (χ4n) is 8.70. The fraction of sp³-hybridized carbons (Fsp3) is 0.639. The van der Waals surface area contributed by atoms with Gasteiger partial charge in [0.2, 0.25) is 0 Å². The van der Waals surface area contributed by atoms with Gasteiger partial charge in [0.1, 0.15) is 35.9 Å². The predicted molar refractivity (Wildman–Crippen MR) is 175 cm³/mol. The lowest BCUT2D eigenvalue weighted by Gasteiger charge is -2.66. The summed E-state index contributed by atoms with van der Waals surface area (Å²) in [6.07, 6.45) is -9.01. The molecule has 54 heavy (non-hydrogen) atoms. The maximum atomic E-state index is 15.1. The molecule has 294 valence electrons. The highest BCUT2D eigenvalue weighted by Crippen LogP contribution is 2.69. The summed E-state index contributed by atoms with van der Waals surface area (Å²) in [5, 5.41) is 13.2. The highest BCUT2D eigenvalue weighted by Gasteiger charge is 2.91. The molecule has 3 heterocycles. The topological polar surface area (TPSA) is 244 Å². The maximum Gasteiger partial charge on any atom is 0.340 e. The van der Waals surface area contributed by atoms with Gasteiger partial charge in [0, 0.05) is 46.7 Å². The van der Waals surface area contributed by atoms with Crippen LogP contribution >= 0.6 is 0 Å². The van der Waals surface area contributed by atoms with Crippen LogP contribution in [0.25, 0.3) is 0 Å². The molecule has 1 spiro atoms. The van der Waals surface area contributed by atoms with E-state index >= 15 is 4.79 Å². The first kappa shape index (κ1) is 40.2. The molecule has 1 saturated heterocycles. The van der Waals surface area contributed by atoms with Gasteiger partial charge in [-0.05, 0) is 26.0 Å². The molecule has 1 N–H and O–H groups in total. The highest BCUT2D eigenvalue weighted by atomic mass is 16.7. The number of aliphatic hydroxyl groups is 1. The standard InChI is InChI=1S/C36H43NO17/c1-15-16(2)31(44)53-29-26(49-18(4)39)30(52-21(7)42)35(14-47-17(3)38)28(51-20(6)41)25(43)23-27(50-19(5)40)36(35,34(29,9)46)54-33(23,8)13-48-32(45)22-11-10-12-37-24(15)22/h10-12,15-16,23,26-30,46H,13-14H2,1-9H3/t15-,16+,23+,26+,27+,28-,29+,30-,33+,34+,35-,36+/m1/s1. The number of cyclic esters (lactones) is 1. The molecule has 0 unspecified atom stereocenters. The largest absolute Gasteiger partial charge is 0.465 e. The number of esters is 7. The van der Waals surface area contributed by atoms with E-state index in [1.807, 2.05) is 0 Å². The van der Waals surface area contributed by atoms with Crippen molar-refractivity contribution in [3.63, 3.8) is 0 Å². The molecule has 18 heteroatoms. The molecule has 2 aliphatic carbocycles. The van der Waals surface area contributed by atoms with Crippen molar-refractivity contribution in [2.75, 3.05) is 13.2 Å². The number of hydrogen-bond acceptors (Lipinski definition) is 18. The molecule has 18 nitrogen and oxygen atoms in total. The number of nitrogens with zero attached hydrogens (tertiary/aromatic N) is 1. The van der Waals surface area contributed by atoms with Crippen molar-refractivity contribution in [3.05, 3.63) is 29.6 Å². The Kier molecular flexibility index (Phi) is 10.4. The first-order chi connectivity index (χ1) is 25.1. The minimum atomic E-state index is -2.82. The van der Waals surface area contributed by atoms with E-state index in [0.717, 1.165) is 41.5 Å². The van der Waals surface area contributed by atoms with Gasteiger partial charge in [-0.1, -0.05) is 13.8 Å². The molecule has 2 saturated carbocycles. The minimum Gasteiger partial charge on any atom is -0.465 e. The number of carbonyl (C=O) groups is 8. The van der Waals surface area contributed by atoms with Gasteiger partial charge in [0.05, 0.1) is 23.1 Å². The van der Waals surface area contributed by atoms with Gasteiger partial charge in [-0.15, -0.1) is 0 Å². The lowest BCUT2D eigenvalue weighted by atomic mass is 9.45. The molecule has 4 aliphatic rings. The molecule has 1 aromatic heterocycles. The molecule has 2 aliphatic heterocycles. The Bertz CT molecular complexity index is 1790. The Morgan fingerprint density at radius 2 is 1.44 bits per heavy atom. The van der Waals surface area contributed by atoms with Crippen molar-refractivity contribution in [3.8, 4) is 0 Å². The zero-order valence-electron chi connectivity index (χ0n) is 31.2. The minimum absolute atomic E-state index is 0.0470. The molecule has 3 fully saturated rings. The van der Waals surface area contributed by atoms with Crippen LogP contribution in [0.1, 0.15) is 84.3 Å². The van der Waals surface area contributed by atoms with E-state index in [-0.39, 0.29) is 11.3 Å². The summed E-state index contributed by atoms with van der Waals surface area (Å²) in [5.74, 6) is -12.0. The molecule has 12 atom stereocenters. The van der Waals surface area contributed by atoms with Crippen LogP contribution < -0.4 is 0 Å². The number of aromatic nitrogens is 1. The van der Waals surface area contributed by atoms with Crippen molar-refractivity contribution >= 4 is 47.6 Å². The summed E-state index contributed by atoms with van der Waals surface area (Å²) in [5.41, 5.74) is -10.2. The first-order valence-corrected chi connectivity index (χ1v) is 17.2. The Hall–Kier alpha value is -4.97. The van der Waals surface area contributed by atoms with Crippen molar-refractivity contribution in [2.45, 2.75) is 116 Å². The molecule has 1 aromatic rings.